The van der Waals surface area contributed by atoms with Gasteiger partial charge in [-0.2, -0.15) is 0 Å². The fourth-order valence-electron chi connectivity index (χ4n) is 2.90. The van der Waals surface area contributed by atoms with Crippen molar-refractivity contribution in [2.45, 2.75) is 26.3 Å². The molecule has 0 fully saturated rings. The van der Waals surface area contributed by atoms with Crippen molar-refractivity contribution in [1.29, 1.82) is 0 Å². The molecular formula is C18H19NO2. The third-order valence-corrected chi connectivity index (χ3v) is 4.01. The third kappa shape index (κ3) is 2.40. The summed E-state index contributed by atoms with van der Waals surface area (Å²) >= 11 is 0. The van der Waals surface area contributed by atoms with Gasteiger partial charge in [0.1, 0.15) is 5.75 Å². The van der Waals surface area contributed by atoms with E-state index in [4.69, 9.17) is 4.74 Å². The van der Waals surface area contributed by atoms with E-state index in [-0.39, 0.29) is 11.9 Å². The van der Waals surface area contributed by atoms with Crippen LogP contribution < -0.4 is 9.64 Å². The zero-order valence-electron chi connectivity index (χ0n) is 12.6. The molecule has 0 saturated heterocycles. The van der Waals surface area contributed by atoms with Gasteiger partial charge in [-0.05, 0) is 61.7 Å². The normalized spacial score (nSPS) is 16.7. The molecular weight excluding hydrogens is 262 g/mol. The van der Waals surface area contributed by atoms with E-state index in [0.29, 0.717) is 5.56 Å². The van der Waals surface area contributed by atoms with Crippen LogP contribution in [0.2, 0.25) is 0 Å². The predicted octanol–water partition coefficient (Wildman–Crippen LogP) is 3.60. The molecule has 2 aromatic rings. The molecule has 2 aromatic carbocycles. The quantitative estimate of drug-likeness (QED) is 0.842. The number of carbonyl (C=O) groups excluding carboxylic acids is 1. The van der Waals surface area contributed by atoms with Crippen LogP contribution in [0.5, 0.6) is 5.75 Å². The fraction of sp³-hybridized carbons (Fsp3) is 0.278. The number of amides is 1. The standard InChI is InChI=1S/C18H19NO2/c1-12-4-5-15-11-13(2)19(17(15)10-12)18(20)14-6-8-16(21-3)9-7-14/h4-10,13H,11H2,1-3H3/t13-/m1/s1. The van der Waals surface area contributed by atoms with E-state index in [1.165, 1.54) is 11.1 Å². The van der Waals surface area contributed by atoms with Gasteiger partial charge in [-0.25, -0.2) is 0 Å². The molecule has 3 nitrogen and oxygen atoms in total. The molecule has 0 aliphatic carbocycles. The first kappa shape index (κ1) is 13.7. The van der Waals surface area contributed by atoms with Crippen molar-refractivity contribution >= 4 is 11.6 Å². The van der Waals surface area contributed by atoms with Crippen molar-refractivity contribution in [2.24, 2.45) is 0 Å². The Kier molecular flexibility index (Phi) is 3.42. The highest BCUT2D eigenvalue weighted by atomic mass is 16.5. The van der Waals surface area contributed by atoms with Crippen LogP contribution in [-0.2, 0) is 6.42 Å². The lowest BCUT2D eigenvalue weighted by Gasteiger charge is -2.23. The molecule has 1 amide bonds. The maximum Gasteiger partial charge on any atom is 0.258 e. The average molecular weight is 281 g/mol. The van der Waals surface area contributed by atoms with Crippen molar-refractivity contribution in [3.05, 3.63) is 59.2 Å². The summed E-state index contributed by atoms with van der Waals surface area (Å²) in [5.74, 6) is 0.812. The smallest absolute Gasteiger partial charge is 0.258 e. The molecule has 0 bridgehead atoms. The predicted molar refractivity (Wildman–Crippen MR) is 84.1 cm³/mol. The zero-order valence-corrected chi connectivity index (χ0v) is 12.6. The first-order chi connectivity index (χ1) is 10.1. The van der Waals surface area contributed by atoms with Gasteiger partial charge < -0.3 is 9.64 Å². The number of fused-ring (bicyclic) bond motifs is 1. The first-order valence-electron chi connectivity index (χ1n) is 7.17. The Labute approximate surface area is 125 Å². The highest BCUT2D eigenvalue weighted by molar-refractivity contribution is 6.07. The minimum absolute atomic E-state index is 0.0505. The minimum atomic E-state index is 0.0505. The van der Waals surface area contributed by atoms with Crippen molar-refractivity contribution in [3.63, 3.8) is 0 Å². The first-order valence-corrected chi connectivity index (χ1v) is 7.17. The Morgan fingerprint density at radius 3 is 2.57 bits per heavy atom. The van der Waals surface area contributed by atoms with E-state index >= 15 is 0 Å². The van der Waals surface area contributed by atoms with Crippen LogP contribution in [0.25, 0.3) is 0 Å². The molecule has 0 N–H and O–H groups in total. The van der Waals surface area contributed by atoms with Gasteiger partial charge in [0, 0.05) is 17.3 Å². The molecule has 3 heteroatoms. The van der Waals surface area contributed by atoms with Gasteiger partial charge in [0.2, 0.25) is 0 Å². The van der Waals surface area contributed by atoms with Gasteiger partial charge in [0.25, 0.3) is 5.91 Å². The molecule has 1 heterocycles. The number of hydrogen-bond acceptors (Lipinski definition) is 2. The van der Waals surface area contributed by atoms with Crippen LogP contribution in [-0.4, -0.2) is 19.1 Å². The van der Waals surface area contributed by atoms with Gasteiger partial charge in [-0.15, -0.1) is 0 Å². The van der Waals surface area contributed by atoms with Gasteiger partial charge in [-0.3, -0.25) is 4.79 Å². The summed E-state index contributed by atoms with van der Waals surface area (Å²) in [6.07, 6.45) is 0.914. The Hall–Kier alpha value is -2.29. The average Bonchev–Trinajstić information content (AvgIpc) is 2.82. The van der Waals surface area contributed by atoms with Gasteiger partial charge in [-0.1, -0.05) is 12.1 Å². The highest BCUT2D eigenvalue weighted by Gasteiger charge is 2.31. The number of hydrogen-bond donors (Lipinski definition) is 0. The maximum atomic E-state index is 12.8. The van der Waals surface area contributed by atoms with Crippen LogP contribution in [0.3, 0.4) is 0 Å². The van der Waals surface area contributed by atoms with Crippen molar-refractivity contribution in [3.8, 4) is 5.75 Å². The van der Waals surface area contributed by atoms with E-state index in [0.717, 1.165) is 17.9 Å². The molecule has 0 aromatic heterocycles. The lowest BCUT2D eigenvalue weighted by molar-refractivity contribution is 0.0981. The molecule has 0 unspecified atom stereocenters. The molecule has 0 spiro atoms. The number of benzene rings is 2. The molecule has 21 heavy (non-hydrogen) atoms. The summed E-state index contributed by atoms with van der Waals surface area (Å²) < 4.78 is 5.14. The summed E-state index contributed by atoms with van der Waals surface area (Å²) in [5, 5.41) is 0. The Bertz CT molecular complexity index is 676. The van der Waals surface area contributed by atoms with Crippen LogP contribution in [0.15, 0.2) is 42.5 Å². The number of ether oxygens (including phenoxy) is 1. The molecule has 1 aliphatic heterocycles. The molecule has 0 radical (unpaired) electrons. The van der Waals surface area contributed by atoms with Crippen LogP contribution in [0.4, 0.5) is 5.69 Å². The Morgan fingerprint density at radius 2 is 1.90 bits per heavy atom. The monoisotopic (exact) mass is 281 g/mol. The van der Waals surface area contributed by atoms with Gasteiger partial charge in [0.15, 0.2) is 0 Å². The van der Waals surface area contributed by atoms with Crippen molar-refractivity contribution in [1.82, 2.24) is 0 Å². The summed E-state index contributed by atoms with van der Waals surface area (Å²) in [6.45, 7) is 4.15. The number of aryl methyl sites for hydroxylation is 1. The number of rotatable bonds is 2. The largest absolute Gasteiger partial charge is 0.497 e. The minimum Gasteiger partial charge on any atom is -0.497 e. The summed E-state index contributed by atoms with van der Waals surface area (Å²) in [5.41, 5.74) is 4.16. The SMILES string of the molecule is COc1ccc(C(=O)N2c3cc(C)ccc3C[C@H]2C)cc1. The zero-order chi connectivity index (χ0) is 15.0. The second-order valence-corrected chi connectivity index (χ2v) is 5.59. The Morgan fingerprint density at radius 1 is 1.19 bits per heavy atom. The summed E-state index contributed by atoms with van der Waals surface area (Å²) in [7, 11) is 1.62. The number of anilines is 1. The van der Waals surface area contributed by atoms with E-state index in [1.54, 1.807) is 7.11 Å². The Balaban J connectivity index is 1.96. The van der Waals surface area contributed by atoms with Gasteiger partial charge in [0.05, 0.1) is 7.11 Å². The van der Waals surface area contributed by atoms with Crippen LogP contribution in [0.1, 0.15) is 28.4 Å². The maximum absolute atomic E-state index is 12.8. The summed E-state index contributed by atoms with van der Waals surface area (Å²) in [6, 6.07) is 13.8. The van der Waals surface area contributed by atoms with Crippen molar-refractivity contribution in [2.75, 3.05) is 12.0 Å². The highest BCUT2D eigenvalue weighted by Crippen LogP contribution is 2.34. The molecule has 1 aliphatic rings. The molecule has 1 atom stereocenters. The van der Waals surface area contributed by atoms with Crippen LogP contribution >= 0.6 is 0 Å². The lowest BCUT2D eigenvalue weighted by Crippen LogP contribution is -2.35. The fourth-order valence-corrected chi connectivity index (χ4v) is 2.90. The molecule has 3 rings (SSSR count). The lowest BCUT2D eigenvalue weighted by atomic mass is 10.1. The second kappa shape index (κ2) is 5.24. The van der Waals surface area contributed by atoms with E-state index in [1.807, 2.05) is 29.2 Å². The van der Waals surface area contributed by atoms with Crippen molar-refractivity contribution < 1.29 is 9.53 Å². The third-order valence-electron chi connectivity index (χ3n) is 4.01. The number of nitrogens with zero attached hydrogens (tertiary/aromatic N) is 1. The van der Waals surface area contributed by atoms with E-state index in [9.17, 15) is 4.79 Å². The molecule has 0 saturated carbocycles. The number of carbonyl (C=O) groups is 1. The second-order valence-electron chi connectivity index (χ2n) is 5.59. The van der Waals surface area contributed by atoms with Gasteiger partial charge >= 0.3 is 0 Å². The topological polar surface area (TPSA) is 29.5 Å². The summed E-state index contributed by atoms with van der Waals surface area (Å²) in [4.78, 5) is 14.7. The number of methoxy groups -OCH3 is 1. The van der Waals surface area contributed by atoms with Crippen LogP contribution in [0, 0.1) is 6.92 Å². The molecule has 108 valence electrons. The van der Waals surface area contributed by atoms with E-state index < -0.39 is 0 Å². The van der Waals surface area contributed by atoms with E-state index in [2.05, 4.69) is 32.0 Å².